The summed E-state index contributed by atoms with van der Waals surface area (Å²) in [6, 6.07) is 18.0. The quantitative estimate of drug-likeness (QED) is 0.352. The number of nitrogens with one attached hydrogen (secondary N) is 1. The summed E-state index contributed by atoms with van der Waals surface area (Å²) in [5.74, 6) is 1.31. The minimum atomic E-state index is 0.453. The Bertz CT molecular complexity index is 1120. The molecule has 0 aromatic heterocycles. The van der Waals surface area contributed by atoms with Gasteiger partial charge in [-0.05, 0) is 54.8 Å². The topological polar surface area (TPSA) is 43.0 Å². The molecule has 0 unspecified atom stereocenters. The van der Waals surface area contributed by atoms with Gasteiger partial charge in [0, 0.05) is 36.4 Å². The van der Waals surface area contributed by atoms with E-state index in [1.54, 1.807) is 0 Å². The van der Waals surface area contributed by atoms with E-state index in [-0.39, 0.29) is 0 Å². The van der Waals surface area contributed by atoms with Crippen LogP contribution in [0.5, 0.6) is 11.5 Å². The molecule has 34 heavy (non-hydrogen) atoms. The van der Waals surface area contributed by atoms with E-state index in [9.17, 15) is 0 Å². The highest BCUT2D eigenvalue weighted by Gasteiger charge is 2.15. The smallest absolute Gasteiger partial charge is 0.163 e. The largest absolute Gasteiger partial charge is 0.490 e. The van der Waals surface area contributed by atoms with Crippen molar-refractivity contribution < 1.29 is 14.2 Å². The van der Waals surface area contributed by atoms with Crippen molar-refractivity contribution in [2.75, 3.05) is 43.1 Å². The first kappa shape index (κ1) is 24.5. The second-order valence-corrected chi connectivity index (χ2v) is 8.97. The molecule has 7 heteroatoms. The Morgan fingerprint density at radius 1 is 0.912 bits per heavy atom. The number of halogens is 2. The van der Waals surface area contributed by atoms with E-state index in [0.717, 1.165) is 48.8 Å². The number of benzene rings is 3. The number of hydrogen-bond acceptors (Lipinski definition) is 5. The monoisotopic (exact) mass is 500 g/mol. The molecule has 1 aliphatic rings. The van der Waals surface area contributed by atoms with Crippen LogP contribution in [0.4, 0.5) is 11.4 Å². The fraction of sp³-hybridized carbons (Fsp3) is 0.333. The molecule has 0 spiro atoms. The molecular weight excluding hydrogens is 471 g/mol. The number of hydrogen-bond donors (Lipinski definition) is 1. The highest BCUT2D eigenvalue weighted by Crippen LogP contribution is 2.35. The number of aryl methyl sites for hydroxylation is 1. The summed E-state index contributed by atoms with van der Waals surface area (Å²) in [7, 11) is 0. The maximum atomic E-state index is 6.62. The Morgan fingerprint density at radius 2 is 1.68 bits per heavy atom. The third-order valence-corrected chi connectivity index (χ3v) is 6.49. The van der Waals surface area contributed by atoms with Crippen molar-refractivity contribution in [2.45, 2.75) is 27.0 Å². The molecule has 1 saturated heterocycles. The molecule has 0 radical (unpaired) electrons. The minimum absolute atomic E-state index is 0.453. The van der Waals surface area contributed by atoms with Gasteiger partial charge in [0.1, 0.15) is 6.61 Å². The Balaban J connectivity index is 1.45. The molecule has 5 nitrogen and oxygen atoms in total. The summed E-state index contributed by atoms with van der Waals surface area (Å²) in [6.45, 7) is 8.69. The summed E-state index contributed by atoms with van der Waals surface area (Å²) in [5, 5.41) is 4.75. The number of ether oxygens (including phenoxy) is 3. The maximum Gasteiger partial charge on any atom is 0.163 e. The number of rotatable bonds is 9. The first-order chi connectivity index (χ1) is 16.5. The Labute approximate surface area is 211 Å². The van der Waals surface area contributed by atoms with E-state index in [0.29, 0.717) is 41.3 Å². The maximum absolute atomic E-state index is 6.62. The molecule has 0 aliphatic carbocycles. The van der Waals surface area contributed by atoms with Crippen LogP contribution in [0.15, 0.2) is 54.6 Å². The third kappa shape index (κ3) is 6.09. The zero-order valence-corrected chi connectivity index (χ0v) is 21.1. The van der Waals surface area contributed by atoms with E-state index in [2.05, 4.69) is 29.3 Å². The lowest BCUT2D eigenvalue weighted by Crippen LogP contribution is -2.36. The number of morpholine rings is 1. The van der Waals surface area contributed by atoms with Crippen molar-refractivity contribution in [1.82, 2.24) is 0 Å². The lowest BCUT2D eigenvalue weighted by atomic mass is 10.1. The van der Waals surface area contributed by atoms with E-state index in [4.69, 9.17) is 37.4 Å². The predicted molar refractivity (Wildman–Crippen MR) is 140 cm³/mol. The molecule has 3 aromatic carbocycles. The zero-order chi connectivity index (χ0) is 23.9. The Morgan fingerprint density at radius 3 is 2.41 bits per heavy atom. The van der Waals surface area contributed by atoms with Crippen LogP contribution >= 0.6 is 23.2 Å². The molecule has 1 aliphatic heterocycles. The highest BCUT2D eigenvalue weighted by molar-refractivity contribution is 6.33. The highest BCUT2D eigenvalue weighted by atomic mass is 35.5. The van der Waals surface area contributed by atoms with E-state index in [1.807, 2.05) is 49.4 Å². The van der Waals surface area contributed by atoms with Crippen LogP contribution in [0.1, 0.15) is 23.6 Å². The summed E-state index contributed by atoms with van der Waals surface area (Å²) in [6.07, 6.45) is 0. The van der Waals surface area contributed by atoms with Crippen LogP contribution in [0.25, 0.3) is 0 Å². The zero-order valence-electron chi connectivity index (χ0n) is 19.6. The fourth-order valence-corrected chi connectivity index (χ4v) is 4.42. The molecule has 0 amide bonds. The summed E-state index contributed by atoms with van der Waals surface area (Å²) in [5.41, 5.74) is 5.19. The van der Waals surface area contributed by atoms with Gasteiger partial charge in [-0.2, -0.15) is 0 Å². The first-order valence-corrected chi connectivity index (χ1v) is 12.3. The standard InChI is InChI=1S/C27H30Cl2N2O3/c1-3-33-26-14-21(23(28)16-27(26)34-18-20-7-5-4-6-19(20)2)17-30-22-8-9-25(24(29)15-22)31-10-12-32-13-11-31/h4-9,14-16,30H,3,10-13,17-18H2,1-2H3. The van der Waals surface area contributed by atoms with E-state index < -0.39 is 0 Å². The normalized spacial score (nSPS) is 13.6. The molecule has 0 atom stereocenters. The van der Waals surface area contributed by atoms with Crippen LogP contribution in [0.2, 0.25) is 10.0 Å². The predicted octanol–water partition coefficient (Wildman–Crippen LogP) is 6.73. The molecule has 180 valence electrons. The van der Waals surface area contributed by atoms with Crippen molar-refractivity contribution in [2.24, 2.45) is 0 Å². The van der Waals surface area contributed by atoms with Gasteiger partial charge >= 0.3 is 0 Å². The average Bonchev–Trinajstić information content (AvgIpc) is 2.84. The molecule has 1 N–H and O–H groups in total. The van der Waals surface area contributed by atoms with E-state index >= 15 is 0 Å². The summed E-state index contributed by atoms with van der Waals surface area (Å²) in [4.78, 5) is 2.25. The van der Waals surface area contributed by atoms with Gasteiger partial charge in [0.15, 0.2) is 11.5 Å². The molecule has 3 aromatic rings. The summed E-state index contributed by atoms with van der Waals surface area (Å²) >= 11 is 13.2. The average molecular weight is 501 g/mol. The van der Waals surface area contributed by atoms with Crippen LogP contribution in [0, 0.1) is 6.92 Å². The van der Waals surface area contributed by atoms with Gasteiger partial charge in [0.05, 0.1) is 30.5 Å². The molecule has 1 fully saturated rings. The van der Waals surface area contributed by atoms with Crippen LogP contribution < -0.4 is 19.7 Å². The SMILES string of the molecule is CCOc1cc(CNc2ccc(N3CCOCC3)c(Cl)c2)c(Cl)cc1OCc1ccccc1C. The number of nitrogens with zero attached hydrogens (tertiary/aromatic N) is 1. The fourth-order valence-electron chi connectivity index (χ4n) is 3.90. The van der Waals surface area contributed by atoms with Crippen LogP contribution in [-0.4, -0.2) is 32.9 Å². The van der Waals surface area contributed by atoms with Gasteiger partial charge < -0.3 is 24.4 Å². The summed E-state index contributed by atoms with van der Waals surface area (Å²) < 4.78 is 17.4. The molecule has 4 rings (SSSR count). The molecule has 0 bridgehead atoms. The van der Waals surface area contributed by atoms with Crippen LogP contribution in [-0.2, 0) is 17.9 Å². The van der Waals surface area contributed by atoms with Crippen molar-refractivity contribution >= 4 is 34.6 Å². The lowest BCUT2D eigenvalue weighted by molar-refractivity contribution is 0.122. The van der Waals surface area contributed by atoms with Gasteiger partial charge in [-0.25, -0.2) is 0 Å². The van der Waals surface area contributed by atoms with Crippen molar-refractivity contribution in [3.8, 4) is 11.5 Å². The second kappa shape index (κ2) is 11.7. The second-order valence-electron chi connectivity index (χ2n) is 8.16. The Hall–Kier alpha value is -2.60. The van der Waals surface area contributed by atoms with Gasteiger partial charge in [0.25, 0.3) is 0 Å². The van der Waals surface area contributed by atoms with E-state index in [1.165, 1.54) is 5.56 Å². The molecule has 1 heterocycles. The number of anilines is 2. The van der Waals surface area contributed by atoms with Gasteiger partial charge in [-0.3, -0.25) is 0 Å². The van der Waals surface area contributed by atoms with Gasteiger partial charge in [0.2, 0.25) is 0 Å². The van der Waals surface area contributed by atoms with Gasteiger partial charge in [-0.15, -0.1) is 0 Å². The molecular formula is C27H30Cl2N2O3. The first-order valence-electron chi connectivity index (χ1n) is 11.5. The minimum Gasteiger partial charge on any atom is -0.490 e. The van der Waals surface area contributed by atoms with Crippen molar-refractivity contribution in [1.29, 1.82) is 0 Å². The van der Waals surface area contributed by atoms with Gasteiger partial charge in [-0.1, -0.05) is 47.5 Å². The van der Waals surface area contributed by atoms with Crippen LogP contribution in [0.3, 0.4) is 0 Å². The Kier molecular flexibility index (Phi) is 8.44. The van der Waals surface area contributed by atoms with Crippen molar-refractivity contribution in [3.63, 3.8) is 0 Å². The molecule has 0 saturated carbocycles. The third-order valence-electron chi connectivity index (χ3n) is 5.84. The van der Waals surface area contributed by atoms with Crippen molar-refractivity contribution in [3.05, 3.63) is 81.3 Å². The lowest BCUT2D eigenvalue weighted by Gasteiger charge is -2.29.